The predicted octanol–water partition coefficient (Wildman–Crippen LogP) is 2.08. The number of carbonyl (C=O) groups is 1. The first kappa shape index (κ1) is 17.3. The van der Waals surface area contributed by atoms with Crippen LogP contribution in [0.15, 0.2) is 18.2 Å². The second kappa shape index (κ2) is 7.88. The van der Waals surface area contributed by atoms with E-state index in [1.807, 2.05) is 26.2 Å². The number of hydrogen-bond donors (Lipinski definition) is 1. The summed E-state index contributed by atoms with van der Waals surface area (Å²) in [6.07, 6.45) is 0. The van der Waals surface area contributed by atoms with E-state index in [0.717, 1.165) is 25.3 Å². The lowest BCUT2D eigenvalue weighted by molar-refractivity contribution is 0.0601. The zero-order chi connectivity index (χ0) is 16.0. The van der Waals surface area contributed by atoms with Crippen molar-refractivity contribution in [1.82, 2.24) is 4.90 Å². The number of rotatable bonds is 7. The van der Waals surface area contributed by atoms with Crippen molar-refractivity contribution >= 4 is 17.3 Å². The van der Waals surface area contributed by atoms with E-state index in [9.17, 15) is 4.79 Å². The third-order valence-corrected chi connectivity index (χ3v) is 3.17. The van der Waals surface area contributed by atoms with E-state index in [4.69, 9.17) is 10.5 Å². The summed E-state index contributed by atoms with van der Waals surface area (Å²) in [5.74, 6) is 0.145. The molecule has 0 saturated heterocycles. The van der Waals surface area contributed by atoms with Crippen molar-refractivity contribution in [1.29, 1.82) is 0 Å². The molecule has 5 nitrogen and oxygen atoms in total. The molecule has 21 heavy (non-hydrogen) atoms. The first-order chi connectivity index (χ1) is 9.85. The maximum atomic E-state index is 12.0. The molecule has 0 unspecified atom stereocenters. The Labute approximate surface area is 127 Å². The van der Waals surface area contributed by atoms with E-state index in [0.29, 0.717) is 17.2 Å². The third-order valence-electron chi connectivity index (χ3n) is 3.17. The fraction of sp³-hybridized carbons (Fsp3) is 0.562. The van der Waals surface area contributed by atoms with Crippen LogP contribution in [0, 0.1) is 5.92 Å². The number of hydrogen-bond acceptors (Lipinski definition) is 5. The number of nitrogens with two attached hydrogens (primary N) is 1. The Balaban J connectivity index is 3.12. The Morgan fingerprint density at radius 1 is 1.29 bits per heavy atom. The molecule has 2 N–H and O–H groups in total. The van der Waals surface area contributed by atoms with Crippen LogP contribution in [0.3, 0.4) is 0 Å². The summed E-state index contributed by atoms with van der Waals surface area (Å²) in [7, 11) is 5.47. The highest BCUT2D eigenvalue weighted by molar-refractivity contribution is 5.97. The van der Waals surface area contributed by atoms with Gasteiger partial charge in [0.2, 0.25) is 0 Å². The van der Waals surface area contributed by atoms with Gasteiger partial charge in [-0.1, -0.05) is 13.8 Å². The smallest absolute Gasteiger partial charge is 0.340 e. The normalized spacial score (nSPS) is 11.0. The topological polar surface area (TPSA) is 58.8 Å². The van der Waals surface area contributed by atoms with Gasteiger partial charge in [-0.2, -0.15) is 0 Å². The maximum absolute atomic E-state index is 12.0. The van der Waals surface area contributed by atoms with Crippen LogP contribution in [-0.2, 0) is 4.74 Å². The molecule has 0 saturated carbocycles. The lowest BCUT2D eigenvalue weighted by Gasteiger charge is -2.29. The average Bonchev–Trinajstić information content (AvgIpc) is 2.42. The molecule has 0 spiro atoms. The largest absolute Gasteiger partial charge is 0.465 e. The summed E-state index contributed by atoms with van der Waals surface area (Å²) >= 11 is 0. The van der Waals surface area contributed by atoms with Crippen LogP contribution in [0.2, 0.25) is 0 Å². The standard InChI is InChI=1S/C16H27N3O2/c1-12(2)11-19(9-8-18(3)4)15-7-6-13(17)10-14(15)16(20)21-5/h6-7,10,12H,8-9,11,17H2,1-5H3. The van der Waals surface area contributed by atoms with Crippen molar-refractivity contribution in [3.8, 4) is 0 Å². The molecule has 0 bridgehead atoms. The van der Waals surface area contributed by atoms with Crippen molar-refractivity contribution in [2.24, 2.45) is 5.92 Å². The molecule has 1 aromatic rings. The highest BCUT2D eigenvalue weighted by Gasteiger charge is 2.18. The van der Waals surface area contributed by atoms with Gasteiger partial charge in [0.15, 0.2) is 0 Å². The molecule has 118 valence electrons. The van der Waals surface area contributed by atoms with E-state index < -0.39 is 0 Å². The number of methoxy groups -OCH3 is 1. The second-order valence-corrected chi connectivity index (χ2v) is 5.91. The molecule has 0 aliphatic heterocycles. The molecule has 5 heteroatoms. The molecule has 0 radical (unpaired) electrons. The number of likely N-dealkylation sites (N-methyl/N-ethyl adjacent to an activating group) is 1. The number of nitrogen functional groups attached to an aromatic ring is 1. The van der Waals surface area contributed by atoms with Gasteiger partial charge < -0.3 is 20.3 Å². The summed E-state index contributed by atoms with van der Waals surface area (Å²) in [5, 5.41) is 0. The van der Waals surface area contributed by atoms with Crippen LogP contribution in [0.1, 0.15) is 24.2 Å². The number of anilines is 2. The Morgan fingerprint density at radius 2 is 1.95 bits per heavy atom. The SMILES string of the molecule is COC(=O)c1cc(N)ccc1N(CCN(C)C)CC(C)C. The Bertz CT molecular complexity index is 473. The number of nitrogens with zero attached hydrogens (tertiary/aromatic N) is 2. The summed E-state index contributed by atoms with van der Waals surface area (Å²) in [6, 6.07) is 5.41. The molecular formula is C16H27N3O2. The van der Waals surface area contributed by atoms with Crippen LogP contribution in [-0.4, -0.2) is 51.7 Å². The minimum atomic E-state index is -0.351. The number of ether oxygens (including phenoxy) is 1. The second-order valence-electron chi connectivity index (χ2n) is 5.91. The highest BCUT2D eigenvalue weighted by Crippen LogP contribution is 2.25. The molecule has 1 aromatic carbocycles. The van der Waals surface area contributed by atoms with Crippen LogP contribution in [0.4, 0.5) is 11.4 Å². The van der Waals surface area contributed by atoms with Gasteiger partial charge in [0.05, 0.1) is 18.4 Å². The molecule has 0 atom stereocenters. The van der Waals surface area contributed by atoms with Gasteiger partial charge in [-0.25, -0.2) is 4.79 Å². The summed E-state index contributed by atoms with van der Waals surface area (Å²) in [6.45, 7) is 6.97. The molecular weight excluding hydrogens is 266 g/mol. The summed E-state index contributed by atoms with van der Waals surface area (Å²) < 4.78 is 4.88. The van der Waals surface area contributed by atoms with Crippen LogP contribution < -0.4 is 10.6 Å². The molecule has 0 heterocycles. The van der Waals surface area contributed by atoms with Crippen molar-refractivity contribution in [3.63, 3.8) is 0 Å². The molecule has 1 rings (SSSR count). The lowest BCUT2D eigenvalue weighted by Crippen LogP contribution is -2.35. The number of esters is 1. The average molecular weight is 293 g/mol. The van der Waals surface area contributed by atoms with E-state index in [1.54, 1.807) is 6.07 Å². The van der Waals surface area contributed by atoms with E-state index in [1.165, 1.54) is 7.11 Å². The summed E-state index contributed by atoms with van der Waals surface area (Å²) in [5.41, 5.74) is 7.78. The van der Waals surface area contributed by atoms with E-state index >= 15 is 0 Å². The zero-order valence-corrected chi connectivity index (χ0v) is 13.7. The molecule has 0 fully saturated rings. The molecule has 0 aliphatic rings. The molecule has 0 aliphatic carbocycles. The van der Waals surface area contributed by atoms with Gasteiger partial charge in [0.25, 0.3) is 0 Å². The van der Waals surface area contributed by atoms with Crippen molar-refractivity contribution in [2.75, 3.05) is 51.5 Å². The summed E-state index contributed by atoms with van der Waals surface area (Å²) in [4.78, 5) is 16.3. The number of carbonyl (C=O) groups excluding carboxylic acids is 1. The van der Waals surface area contributed by atoms with Crippen LogP contribution in [0.5, 0.6) is 0 Å². The number of benzene rings is 1. The lowest BCUT2D eigenvalue weighted by atomic mass is 10.1. The van der Waals surface area contributed by atoms with E-state index in [-0.39, 0.29) is 5.97 Å². The molecule has 0 amide bonds. The molecule has 0 aromatic heterocycles. The Morgan fingerprint density at radius 3 is 2.48 bits per heavy atom. The first-order valence-electron chi connectivity index (χ1n) is 7.22. The van der Waals surface area contributed by atoms with Crippen LogP contribution >= 0.6 is 0 Å². The minimum absolute atomic E-state index is 0.351. The van der Waals surface area contributed by atoms with Gasteiger partial charge in [0, 0.05) is 25.3 Å². The highest BCUT2D eigenvalue weighted by atomic mass is 16.5. The van der Waals surface area contributed by atoms with Gasteiger partial charge in [-0.3, -0.25) is 0 Å². The first-order valence-corrected chi connectivity index (χ1v) is 7.22. The maximum Gasteiger partial charge on any atom is 0.340 e. The van der Waals surface area contributed by atoms with Crippen molar-refractivity contribution < 1.29 is 9.53 Å². The Hall–Kier alpha value is -1.75. The fourth-order valence-corrected chi connectivity index (χ4v) is 2.17. The van der Waals surface area contributed by atoms with Crippen molar-refractivity contribution in [3.05, 3.63) is 23.8 Å². The van der Waals surface area contributed by atoms with Crippen molar-refractivity contribution in [2.45, 2.75) is 13.8 Å². The predicted molar refractivity (Wildman–Crippen MR) is 87.8 cm³/mol. The van der Waals surface area contributed by atoms with Gasteiger partial charge in [0.1, 0.15) is 0 Å². The van der Waals surface area contributed by atoms with Gasteiger partial charge in [-0.05, 0) is 38.2 Å². The third kappa shape index (κ3) is 5.27. The van der Waals surface area contributed by atoms with Crippen LogP contribution in [0.25, 0.3) is 0 Å². The Kier molecular flexibility index (Phi) is 6.49. The quantitative estimate of drug-likeness (QED) is 0.616. The fourth-order valence-electron chi connectivity index (χ4n) is 2.17. The minimum Gasteiger partial charge on any atom is -0.465 e. The van der Waals surface area contributed by atoms with Gasteiger partial charge >= 0.3 is 5.97 Å². The van der Waals surface area contributed by atoms with E-state index in [2.05, 4.69) is 23.6 Å². The zero-order valence-electron chi connectivity index (χ0n) is 13.7. The van der Waals surface area contributed by atoms with Gasteiger partial charge in [-0.15, -0.1) is 0 Å². The monoisotopic (exact) mass is 293 g/mol.